The SMILES string of the molecule is O=C(Nc1cccc(OCc2cccnc2)c1)C1CCN(c2ccc(Cl)cc2)C1=O. The van der Waals surface area contributed by atoms with Gasteiger partial charge >= 0.3 is 0 Å². The third-order valence-corrected chi connectivity index (χ3v) is 5.14. The number of carbonyl (C=O) groups excluding carboxylic acids is 2. The van der Waals surface area contributed by atoms with Gasteiger partial charge in [-0.2, -0.15) is 0 Å². The van der Waals surface area contributed by atoms with Gasteiger partial charge in [0.25, 0.3) is 0 Å². The topological polar surface area (TPSA) is 71.5 Å². The highest BCUT2D eigenvalue weighted by Gasteiger charge is 2.37. The highest BCUT2D eigenvalue weighted by Crippen LogP contribution is 2.28. The van der Waals surface area contributed by atoms with E-state index in [1.54, 1.807) is 59.8 Å². The molecule has 3 aromatic rings. The van der Waals surface area contributed by atoms with Crippen LogP contribution in [0.2, 0.25) is 5.02 Å². The van der Waals surface area contributed by atoms with Gasteiger partial charge in [-0.3, -0.25) is 14.6 Å². The van der Waals surface area contributed by atoms with Crippen molar-refractivity contribution in [2.75, 3.05) is 16.8 Å². The fraction of sp³-hybridized carbons (Fsp3) is 0.174. The van der Waals surface area contributed by atoms with E-state index in [1.165, 1.54) is 0 Å². The van der Waals surface area contributed by atoms with Crippen LogP contribution in [0.4, 0.5) is 11.4 Å². The van der Waals surface area contributed by atoms with Crippen LogP contribution in [0.3, 0.4) is 0 Å². The molecule has 1 aliphatic rings. The second-order valence-corrected chi connectivity index (χ2v) is 7.41. The largest absolute Gasteiger partial charge is 0.489 e. The Morgan fingerprint density at radius 1 is 1.17 bits per heavy atom. The molecule has 7 heteroatoms. The number of benzene rings is 2. The number of pyridine rings is 1. The first-order valence-electron chi connectivity index (χ1n) is 9.60. The Balaban J connectivity index is 1.38. The van der Waals surface area contributed by atoms with Crippen molar-refractivity contribution in [3.05, 3.63) is 83.6 Å². The average Bonchev–Trinajstić information content (AvgIpc) is 3.15. The van der Waals surface area contributed by atoms with Crippen LogP contribution in [0, 0.1) is 5.92 Å². The minimum atomic E-state index is -0.722. The second kappa shape index (κ2) is 8.97. The predicted molar refractivity (Wildman–Crippen MR) is 116 cm³/mol. The van der Waals surface area contributed by atoms with Gasteiger partial charge in [0.1, 0.15) is 18.3 Å². The molecule has 1 saturated heterocycles. The standard InChI is InChI=1S/C23H20ClN3O3/c24-17-6-8-19(9-7-17)27-12-10-21(23(27)29)22(28)26-18-4-1-5-20(13-18)30-15-16-3-2-11-25-14-16/h1-9,11,13-14,21H,10,12,15H2,(H,26,28). The van der Waals surface area contributed by atoms with Gasteiger partial charge in [-0.15, -0.1) is 0 Å². The van der Waals surface area contributed by atoms with Gasteiger partial charge in [0.2, 0.25) is 11.8 Å². The van der Waals surface area contributed by atoms with Crippen molar-refractivity contribution in [2.45, 2.75) is 13.0 Å². The molecule has 1 unspecified atom stereocenters. The van der Waals surface area contributed by atoms with E-state index in [4.69, 9.17) is 16.3 Å². The van der Waals surface area contributed by atoms with Crippen molar-refractivity contribution in [3.8, 4) is 5.75 Å². The molecule has 0 bridgehead atoms. The van der Waals surface area contributed by atoms with E-state index in [2.05, 4.69) is 10.3 Å². The Kier molecular flexibility index (Phi) is 5.95. The lowest BCUT2D eigenvalue weighted by atomic mass is 10.1. The van der Waals surface area contributed by atoms with Crippen molar-refractivity contribution in [1.29, 1.82) is 0 Å². The average molecular weight is 422 g/mol. The van der Waals surface area contributed by atoms with Crippen molar-refractivity contribution >= 4 is 34.8 Å². The first-order valence-corrected chi connectivity index (χ1v) is 9.97. The van der Waals surface area contributed by atoms with Gasteiger partial charge in [-0.05, 0) is 48.9 Å². The number of nitrogens with one attached hydrogen (secondary N) is 1. The molecule has 0 spiro atoms. The van der Waals surface area contributed by atoms with Crippen LogP contribution in [-0.2, 0) is 16.2 Å². The van der Waals surface area contributed by atoms with Crippen LogP contribution in [0.15, 0.2) is 73.1 Å². The Morgan fingerprint density at radius 2 is 2.00 bits per heavy atom. The summed E-state index contributed by atoms with van der Waals surface area (Å²) in [6, 6.07) is 17.9. The third kappa shape index (κ3) is 4.60. The van der Waals surface area contributed by atoms with Crippen molar-refractivity contribution in [2.24, 2.45) is 5.92 Å². The number of aromatic nitrogens is 1. The van der Waals surface area contributed by atoms with E-state index in [0.29, 0.717) is 36.0 Å². The maximum absolute atomic E-state index is 12.8. The maximum atomic E-state index is 12.8. The number of rotatable bonds is 6. The summed E-state index contributed by atoms with van der Waals surface area (Å²) in [5, 5.41) is 3.44. The van der Waals surface area contributed by atoms with E-state index < -0.39 is 5.92 Å². The number of ether oxygens (including phenoxy) is 1. The minimum absolute atomic E-state index is 0.209. The first kappa shape index (κ1) is 19.9. The summed E-state index contributed by atoms with van der Waals surface area (Å²) in [4.78, 5) is 31.1. The van der Waals surface area contributed by atoms with E-state index in [-0.39, 0.29) is 11.8 Å². The van der Waals surface area contributed by atoms with Gasteiger partial charge in [-0.25, -0.2) is 0 Å². The zero-order valence-electron chi connectivity index (χ0n) is 16.1. The maximum Gasteiger partial charge on any atom is 0.239 e. The molecule has 152 valence electrons. The third-order valence-electron chi connectivity index (χ3n) is 4.89. The van der Waals surface area contributed by atoms with Crippen molar-refractivity contribution in [1.82, 2.24) is 4.98 Å². The van der Waals surface area contributed by atoms with Gasteiger partial charge < -0.3 is 15.0 Å². The Labute approximate surface area is 179 Å². The lowest BCUT2D eigenvalue weighted by molar-refractivity contribution is -0.129. The molecule has 6 nitrogen and oxygen atoms in total. The predicted octanol–water partition coefficient (Wildman–Crippen LogP) is 4.31. The highest BCUT2D eigenvalue weighted by atomic mass is 35.5. The van der Waals surface area contributed by atoms with Gasteiger partial charge in [0.05, 0.1) is 0 Å². The molecule has 1 aromatic heterocycles. The fourth-order valence-corrected chi connectivity index (χ4v) is 3.47. The van der Waals surface area contributed by atoms with Crippen LogP contribution in [0.5, 0.6) is 5.75 Å². The molecular weight excluding hydrogens is 402 g/mol. The van der Waals surface area contributed by atoms with Crippen molar-refractivity contribution in [3.63, 3.8) is 0 Å². The normalized spacial score (nSPS) is 15.8. The molecule has 1 atom stereocenters. The molecular formula is C23H20ClN3O3. The number of nitrogens with zero attached hydrogens (tertiary/aromatic N) is 2. The molecule has 0 aliphatic carbocycles. The smallest absolute Gasteiger partial charge is 0.239 e. The zero-order chi connectivity index (χ0) is 20.9. The van der Waals surface area contributed by atoms with Gasteiger partial charge in [-0.1, -0.05) is 23.7 Å². The Hall–Kier alpha value is -3.38. The summed E-state index contributed by atoms with van der Waals surface area (Å²) in [5.74, 6) is -0.627. The molecule has 0 saturated carbocycles. The second-order valence-electron chi connectivity index (χ2n) is 6.97. The highest BCUT2D eigenvalue weighted by molar-refractivity contribution is 6.30. The monoisotopic (exact) mass is 421 g/mol. The summed E-state index contributed by atoms with van der Waals surface area (Å²) in [7, 11) is 0. The van der Waals surface area contributed by atoms with Crippen LogP contribution >= 0.6 is 11.6 Å². The molecule has 2 heterocycles. The molecule has 2 aromatic carbocycles. The van der Waals surface area contributed by atoms with Gasteiger partial charge in [0, 0.05) is 47.0 Å². The first-order chi connectivity index (χ1) is 14.6. The van der Waals surface area contributed by atoms with E-state index in [1.807, 2.05) is 18.2 Å². The summed E-state index contributed by atoms with van der Waals surface area (Å²) >= 11 is 5.91. The van der Waals surface area contributed by atoms with E-state index >= 15 is 0 Å². The van der Waals surface area contributed by atoms with E-state index in [0.717, 1.165) is 11.3 Å². The molecule has 1 aliphatic heterocycles. The number of hydrogen-bond donors (Lipinski definition) is 1. The number of hydrogen-bond acceptors (Lipinski definition) is 4. The molecule has 0 radical (unpaired) electrons. The minimum Gasteiger partial charge on any atom is -0.489 e. The van der Waals surface area contributed by atoms with Crippen LogP contribution < -0.4 is 15.0 Å². The fourth-order valence-electron chi connectivity index (χ4n) is 3.34. The molecule has 4 rings (SSSR count). The Morgan fingerprint density at radius 3 is 2.77 bits per heavy atom. The molecule has 2 amide bonds. The van der Waals surface area contributed by atoms with E-state index in [9.17, 15) is 9.59 Å². The number of anilines is 2. The van der Waals surface area contributed by atoms with Crippen molar-refractivity contribution < 1.29 is 14.3 Å². The number of halogens is 1. The van der Waals surface area contributed by atoms with Crippen LogP contribution in [-0.4, -0.2) is 23.3 Å². The van der Waals surface area contributed by atoms with Crippen LogP contribution in [0.25, 0.3) is 0 Å². The number of carbonyl (C=O) groups is 2. The van der Waals surface area contributed by atoms with Crippen LogP contribution in [0.1, 0.15) is 12.0 Å². The lowest BCUT2D eigenvalue weighted by Gasteiger charge is -2.17. The molecule has 1 fully saturated rings. The molecule has 1 N–H and O–H groups in total. The summed E-state index contributed by atoms with van der Waals surface area (Å²) in [6.07, 6.45) is 3.91. The summed E-state index contributed by atoms with van der Waals surface area (Å²) in [5.41, 5.74) is 2.28. The zero-order valence-corrected chi connectivity index (χ0v) is 16.9. The number of amides is 2. The quantitative estimate of drug-likeness (QED) is 0.602. The Bertz CT molecular complexity index is 1040. The molecule has 30 heavy (non-hydrogen) atoms. The summed E-state index contributed by atoms with van der Waals surface area (Å²) < 4.78 is 5.77. The van der Waals surface area contributed by atoms with Gasteiger partial charge in [0.15, 0.2) is 0 Å². The summed E-state index contributed by atoms with van der Waals surface area (Å²) in [6.45, 7) is 0.870. The lowest BCUT2D eigenvalue weighted by Crippen LogP contribution is -2.33.